The molecular formula is C22H24N2O2S. The van der Waals surface area contributed by atoms with Crippen LogP contribution < -0.4 is 5.32 Å². The van der Waals surface area contributed by atoms with Gasteiger partial charge in [0.2, 0.25) is 0 Å². The second-order valence-electron chi connectivity index (χ2n) is 7.04. The van der Waals surface area contributed by atoms with Crippen molar-refractivity contribution in [2.75, 3.05) is 13.2 Å². The van der Waals surface area contributed by atoms with Gasteiger partial charge in [0, 0.05) is 39.8 Å². The van der Waals surface area contributed by atoms with Crippen molar-refractivity contribution in [2.45, 2.75) is 49.0 Å². The third kappa shape index (κ3) is 3.94. The molecule has 0 unspecified atom stereocenters. The minimum absolute atomic E-state index is 0.0656. The first-order valence-electron chi connectivity index (χ1n) is 9.54. The lowest BCUT2D eigenvalue weighted by atomic mass is 10.0. The fraction of sp³-hybridized carbons (Fsp3) is 0.364. The Balaban J connectivity index is 1.60. The third-order valence-corrected chi connectivity index (χ3v) is 6.13. The zero-order valence-corrected chi connectivity index (χ0v) is 16.6. The monoisotopic (exact) mass is 380 g/mol. The molecule has 1 amide bonds. The fourth-order valence-corrected chi connectivity index (χ4v) is 4.50. The van der Waals surface area contributed by atoms with Crippen molar-refractivity contribution in [1.82, 2.24) is 5.32 Å². The quantitative estimate of drug-likeness (QED) is 0.821. The fourth-order valence-electron chi connectivity index (χ4n) is 3.50. The molecule has 140 valence electrons. The molecule has 0 aromatic heterocycles. The van der Waals surface area contributed by atoms with Crippen LogP contribution in [0.5, 0.6) is 0 Å². The number of carbonyl (C=O) groups is 1. The predicted octanol–water partition coefficient (Wildman–Crippen LogP) is 4.90. The van der Waals surface area contributed by atoms with Crippen molar-refractivity contribution >= 4 is 29.1 Å². The van der Waals surface area contributed by atoms with E-state index in [0.717, 1.165) is 42.2 Å². The van der Waals surface area contributed by atoms with Gasteiger partial charge in [0.1, 0.15) is 0 Å². The van der Waals surface area contributed by atoms with E-state index in [4.69, 9.17) is 9.73 Å². The summed E-state index contributed by atoms with van der Waals surface area (Å²) in [4.78, 5) is 19.8. The molecule has 2 heterocycles. The first-order chi connectivity index (χ1) is 13.1. The van der Waals surface area contributed by atoms with Gasteiger partial charge in [-0.15, -0.1) is 0 Å². The molecule has 2 aromatic rings. The summed E-state index contributed by atoms with van der Waals surface area (Å²) in [7, 11) is 0. The molecule has 2 aromatic carbocycles. The van der Waals surface area contributed by atoms with Gasteiger partial charge in [-0.25, -0.2) is 0 Å². The summed E-state index contributed by atoms with van der Waals surface area (Å²) in [6.07, 6.45) is 3.09. The minimum Gasteiger partial charge on any atom is -0.376 e. The van der Waals surface area contributed by atoms with E-state index in [1.54, 1.807) is 11.8 Å². The summed E-state index contributed by atoms with van der Waals surface area (Å²) in [5.74, 6) is -0.0656. The summed E-state index contributed by atoms with van der Waals surface area (Å²) in [5.41, 5.74) is 5.01. The molecule has 1 atom stereocenters. The molecule has 1 saturated heterocycles. The molecular weight excluding hydrogens is 356 g/mol. The highest BCUT2D eigenvalue weighted by Gasteiger charge is 2.20. The zero-order chi connectivity index (χ0) is 18.8. The van der Waals surface area contributed by atoms with E-state index in [9.17, 15) is 4.79 Å². The summed E-state index contributed by atoms with van der Waals surface area (Å²) >= 11 is 1.72. The Morgan fingerprint density at radius 1 is 1.26 bits per heavy atom. The van der Waals surface area contributed by atoms with Crippen LogP contribution in [0.4, 0.5) is 5.69 Å². The SMILES string of the molecule is CCC1=Nc2cc(C(=O)NC[C@H]3CCCO3)ccc2Sc2ccc(C)cc21. The number of nitrogens with one attached hydrogen (secondary N) is 1. The van der Waals surface area contributed by atoms with Gasteiger partial charge in [0.05, 0.1) is 11.8 Å². The summed E-state index contributed by atoms with van der Waals surface area (Å²) < 4.78 is 5.58. The number of aryl methyl sites for hydroxylation is 1. The van der Waals surface area contributed by atoms with Crippen LogP contribution in [0.1, 0.15) is 47.7 Å². The van der Waals surface area contributed by atoms with E-state index in [1.807, 2.05) is 18.2 Å². The van der Waals surface area contributed by atoms with Crippen molar-refractivity contribution in [3.8, 4) is 0 Å². The topological polar surface area (TPSA) is 50.7 Å². The van der Waals surface area contributed by atoms with Crippen LogP contribution in [0, 0.1) is 6.92 Å². The van der Waals surface area contributed by atoms with Crippen LogP contribution in [0.15, 0.2) is 51.2 Å². The Morgan fingerprint density at radius 3 is 2.89 bits per heavy atom. The Morgan fingerprint density at radius 2 is 2.11 bits per heavy atom. The van der Waals surface area contributed by atoms with E-state index in [-0.39, 0.29) is 12.0 Å². The van der Waals surface area contributed by atoms with Crippen molar-refractivity contribution in [2.24, 2.45) is 4.99 Å². The Labute approximate surface area is 164 Å². The molecule has 1 N–H and O–H groups in total. The lowest BCUT2D eigenvalue weighted by Gasteiger charge is -2.11. The van der Waals surface area contributed by atoms with Gasteiger partial charge >= 0.3 is 0 Å². The van der Waals surface area contributed by atoms with Gasteiger partial charge in [-0.05, 0) is 56.5 Å². The molecule has 5 heteroatoms. The first-order valence-corrected chi connectivity index (χ1v) is 10.4. The number of benzene rings is 2. The summed E-state index contributed by atoms with van der Waals surface area (Å²) in [5, 5.41) is 2.99. The van der Waals surface area contributed by atoms with Crippen LogP contribution in [-0.4, -0.2) is 30.9 Å². The second kappa shape index (κ2) is 7.87. The molecule has 0 bridgehead atoms. The van der Waals surface area contributed by atoms with E-state index in [1.165, 1.54) is 16.0 Å². The molecule has 0 radical (unpaired) electrons. The molecule has 4 nitrogen and oxygen atoms in total. The first kappa shape index (κ1) is 18.3. The van der Waals surface area contributed by atoms with Gasteiger partial charge in [0.25, 0.3) is 5.91 Å². The standard InChI is InChI=1S/C22H24N2O2S/c1-3-18-17-11-14(2)6-8-20(17)27-21-9-7-15(12-19(21)24-18)22(25)23-13-16-5-4-10-26-16/h6-9,11-12,16H,3-5,10,13H2,1-2H3,(H,23,25)/t16-/m1/s1. The van der Waals surface area contributed by atoms with Gasteiger partial charge in [-0.3, -0.25) is 9.79 Å². The Kier molecular flexibility index (Phi) is 5.32. The molecule has 1 fully saturated rings. The average molecular weight is 381 g/mol. The Bertz CT molecular complexity index is 901. The van der Waals surface area contributed by atoms with E-state index < -0.39 is 0 Å². The van der Waals surface area contributed by atoms with Crippen LogP contribution in [0.2, 0.25) is 0 Å². The maximum Gasteiger partial charge on any atom is 0.251 e. The highest BCUT2D eigenvalue weighted by Crippen LogP contribution is 2.41. The van der Waals surface area contributed by atoms with Gasteiger partial charge < -0.3 is 10.1 Å². The lowest BCUT2D eigenvalue weighted by Crippen LogP contribution is -2.31. The number of fused-ring (bicyclic) bond motifs is 2. The number of hydrogen-bond donors (Lipinski definition) is 1. The number of aliphatic imine (C=N–C) groups is 1. The molecule has 4 rings (SSSR count). The van der Waals surface area contributed by atoms with Gasteiger partial charge in [-0.2, -0.15) is 0 Å². The van der Waals surface area contributed by atoms with E-state index >= 15 is 0 Å². The van der Waals surface area contributed by atoms with Crippen molar-refractivity contribution < 1.29 is 9.53 Å². The number of nitrogens with zero attached hydrogens (tertiary/aromatic N) is 1. The normalized spacial score (nSPS) is 18.3. The molecule has 2 aliphatic heterocycles. The summed E-state index contributed by atoms with van der Waals surface area (Å²) in [6, 6.07) is 12.3. The van der Waals surface area contributed by atoms with E-state index in [2.05, 4.69) is 37.4 Å². The van der Waals surface area contributed by atoms with Gasteiger partial charge in [0.15, 0.2) is 0 Å². The number of amides is 1. The van der Waals surface area contributed by atoms with Crippen molar-refractivity contribution in [3.05, 3.63) is 53.1 Å². The lowest BCUT2D eigenvalue weighted by molar-refractivity contribution is 0.0858. The largest absolute Gasteiger partial charge is 0.376 e. The molecule has 2 aliphatic rings. The Hall–Kier alpha value is -2.11. The highest BCUT2D eigenvalue weighted by atomic mass is 32.2. The van der Waals surface area contributed by atoms with Crippen molar-refractivity contribution in [1.29, 1.82) is 0 Å². The average Bonchev–Trinajstić information content (AvgIpc) is 3.14. The number of ether oxygens (including phenoxy) is 1. The molecule has 0 saturated carbocycles. The molecule has 27 heavy (non-hydrogen) atoms. The maximum absolute atomic E-state index is 12.6. The summed E-state index contributed by atoms with van der Waals surface area (Å²) in [6.45, 7) is 5.59. The van der Waals surface area contributed by atoms with Crippen molar-refractivity contribution in [3.63, 3.8) is 0 Å². The second-order valence-corrected chi connectivity index (χ2v) is 8.13. The van der Waals surface area contributed by atoms with Crippen LogP contribution in [0.3, 0.4) is 0 Å². The third-order valence-electron chi connectivity index (χ3n) is 4.99. The predicted molar refractivity (Wildman–Crippen MR) is 110 cm³/mol. The number of rotatable bonds is 4. The van der Waals surface area contributed by atoms with Gasteiger partial charge in [-0.1, -0.05) is 30.3 Å². The van der Waals surface area contributed by atoms with E-state index in [0.29, 0.717) is 12.1 Å². The smallest absolute Gasteiger partial charge is 0.251 e. The maximum atomic E-state index is 12.6. The van der Waals surface area contributed by atoms with Crippen LogP contribution >= 0.6 is 11.8 Å². The molecule has 0 aliphatic carbocycles. The molecule has 0 spiro atoms. The zero-order valence-electron chi connectivity index (χ0n) is 15.7. The van der Waals surface area contributed by atoms with Crippen LogP contribution in [0.25, 0.3) is 0 Å². The highest BCUT2D eigenvalue weighted by molar-refractivity contribution is 7.99. The minimum atomic E-state index is -0.0656. The number of hydrogen-bond acceptors (Lipinski definition) is 4. The van der Waals surface area contributed by atoms with Crippen LogP contribution in [-0.2, 0) is 4.74 Å². The number of carbonyl (C=O) groups excluding carboxylic acids is 1.